The molecule has 2 N–H and O–H groups in total. The van der Waals surface area contributed by atoms with Crippen molar-refractivity contribution in [1.29, 1.82) is 0 Å². The van der Waals surface area contributed by atoms with Gasteiger partial charge in [-0.2, -0.15) is 0 Å². The van der Waals surface area contributed by atoms with E-state index in [0.29, 0.717) is 6.54 Å². The Morgan fingerprint density at radius 1 is 1.26 bits per heavy atom. The number of imidazole rings is 1. The first-order valence-corrected chi connectivity index (χ1v) is 6.83. The quantitative estimate of drug-likeness (QED) is 0.878. The smallest absolute Gasteiger partial charge is 0.137 e. The third kappa shape index (κ3) is 2.78. The number of pyridine rings is 1. The zero-order valence-corrected chi connectivity index (χ0v) is 11.1. The molecule has 1 aliphatic rings. The van der Waals surface area contributed by atoms with Crippen LogP contribution in [0.1, 0.15) is 11.4 Å². The molecule has 0 unspecified atom stereocenters. The van der Waals surface area contributed by atoms with Crippen molar-refractivity contribution in [3.05, 3.63) is 35.8 Å². The minimum atomic E-state index is 0.538. The lowest BCUT2D eigenvalue weighted by Crippen LogP contribution is -2.37. The molecule has 0 amide bonds. The van der Waals surface area contributed by atoms with E-state index in [1.807, 2.05) is 18.2 Å². The molecule has 1 fully saturated rings. The molecule has 2 aromatic rings. The predicted molar refractivity (Wildman–Crippen MR) is 74.0 cm³/mol. The number of hydrogen-bond acceptors (Lipinski definition) is 4. The van der Waals surface area contributed by atoms with Crippen LogP contribution in [0, 0.1) is 0 Å². The highest BCUT2D eigenvalue weighted by Gasteiger charge is 2.11. The summed E-state index contributed by atoms with van der Waals surface area (Å²) in [7, 11) is 0. The summed E-state index contributed by atoms with van der Waals surface area (Å²) < 4.78 is 7.45. The monoisotopic (exact) mass is 260 g/mol. The Morgan fingerprint density at radius 3 is 2.89 bits per heavy atom. The number of nitrogens with two attached hydrogens (primary N) is 1. The third-order valence-corrected chi connectivity index (χ3v) is 3.62. The van der Waals surface area contributed by atoms with E-state index in [4.69, 9.17) is 10.5 Å². The van der Waals surface area contributed by atoms with Crippen LogP contribution in [0.3, 0.4) is 0 Å². The zero-order chi connectivity index (χ0) is 13.1. The van der Waals surface area contributed by atoms with Gasteiger partial charge in [-0.1, -0.05) is 6.07 Å². The Labute approximate surface area is 113 Å². The summed E-state index contributed by atoms with van der Waals surface area (Å²) in [6, 6.07) is 6.08. The Hall–Kier alpha value is -1.43. The molecule has 3 heterocycles. The van der Waals surface area contributed by atoms with Crippen LogP contribution in [-0.2, 0) is 17.7 Å². The molecule has 19 heavy (non-hydrogen) atoms. The Kier molecular flexibility index (Phi) is 3.77. The van der Waals surface area contributed by atoms with Gasteiger partial charge in [0.15, 0.2) is 0 Å². The first kappa shape index (κ1) is 12.6. The summed E-state index contributed by atoms with van der Waals surface area (Å²) in [5.41, 5.74) is 8.96. The predicted octanol–water partition coefficient (Wildman–Crippen LogP) is 0.668. The molecule has 0 bridgehead atoms. The Bertz CT molecular complexity index is 545. The van der Waals surface area contributed by atoms with E-state index in [-0.39, 0.29) is 0 Å². The van der Waals surface area contributed by atoms with E-state index >= 15 is 0 Å². The van der Waals surface area contributed by atoms with E-state index in [1.165, 1.54) is 0 Å². The van der Waals surface area contributed by atoms with Gasteiger partial charge in [0.25, 0.3) is 0 Å². The molecule has 5 heteroatoms. The fourth-order valence-corrected chi connectivity index (χ4v) is 2.50. The van der Waals surface area contributed by atoms with Gasteiger partial charge in [-0.15, -0.1) is 0 Å². The second-order valence-corrected chi connectivity index (χ2v) is 4.89. The second-order valence-electron chi connectivity index (χ2n) is 4.89. The lowest BCUT2D eigenvalue weighted by atomic mass is 10.3. The van der Waals surface area contributed by atoms with E-state index in [1.54, 1.807) is 0 Å². The van der Waals surface area contributed by atoms with Gasteiger partial charge in [-0.05, 0) is 12.1 Å². The maximum absolute atomic E-state index is 5.75. The Morgan fingerprint density at radius 2 is 2.11 bits per heavy atom. The SMILES string of the molecule is NCc1cccc2nc(CCN3CCOCC3)cn12. The molecule has 0 radical (unpaired) electrons. The highest BCUT2D eigenvalue weighted by atomic mass is 16.5. The second kappa shape index (κ2) is 5.69. The van der Waals surface area contributed by atoms with Crippen molar-refractivity contribution in [3.8, 4) is 0 Å². The van der Waals surface area contributed by atoms with Crippen molar-refractivity contribution in [2.45, 2.75) is 13.0 Å². The lowest BCUT2D eigenvalue weighted by molar-refractivity contribution is 0.0383. The lowest BCUT2D eigenvalue weighted by Gasteiger charge is -2.26. The molecule has 1 saturated heterocycles. The molecule has 2 aromatic heterocycles. The van der Waals surface area contributed by atoms with Crippen LogP contribution in [0.4, 0.5) is 0 Å². The van der Waals surface area contributed by atoms with Crippen LogP contribution >= 0.6 is 0 Å². The molecule has 0 atom stereocenters. The number of morpholine rings is 1. The molecule has 3 rings (SSSR count). The first-order valence-electron chi connectivity index (χ1n) is 6.83. The van der Waals surface area contributed by atoms with E-state index in [9.17, 15) is 0 Å². The van der Waals surface area contributed by atoms with Crippen molar-refractivity contribution in [3.63, 3.8) is 0 Å². The summed E-state index contributed by atoms with van der Waals surface area (Å²) in [4.78, 5) is 7.08. The highest BCUT2D eigenvalue weighted by molar-refractivity contribution is 5.41. The molecule has 0 aliphatic carbocycles. The molecule has 1 aliphatic heterocycles. The van der Waals surface area contributed by atoms with Gasteiger partial charge >= 0.3 is 0 Å². The average molecular weight is 260 g/mol. The molecule has 0 aromatic carbocycles. The molecular formula is C14H20N4O. The van der Waals surface area contributed by atoms with Gasteiger partial charge in [0.2, 0.25) is 0 Å². The van der Waals surface area contributed by atoms with Gasteiger partial charge in [-0.3, -0.25) is 4.90 Å². The van der Waals surface area contributed by atoms with Crippen molar-refractivity contribution in [2.24, 2.45) is 5.73 Å². The standard InChI is InChI=1S/C14H20N4O/c15-10-13-2-1-3-14-16-12(11-18(13)14)4-5-17-6-8-19-9-7-17/h1-3,11H,4-10,15H2. The fraction of sp³-hybridized carbons (Fsp3) is 0.500. The summed E-state index contributed by atoms with van der Waals surface area (Å²) in [5.74, 6) is 0. The number of nitrogens with zero attached hydrogens (tertiary/aromatic N) is 3. The molecule has 0 saturated carbocycles. The van der Waals surface area contributed by atoms with Crippen LogP contribution in [0.15, 0.2) is 24.4 Å². The molecule has 5 nitrogen and oxygen atoms in total. The summed E-state index contributed by atoms with van der Waals surface area (Å²) in [6.07, 6.45) is 3.09. The minimum Gasteiger partial charge on any atom is -0.379 e. The van der Waals surface area contributed by atoms with Gasteiger partial charge in [-0.25, -0.2) is 4.98 Å². The number of aromatic nitrogens is 2. The number of fused-ring (bicyclic) bond motifs is 1. The zero-order valence-electron chi connectivity index (χ0n) is 11.1. The van der Waals surface area contributed by atoms with E-state index < -0.39 is 0 Å². The molecule has 0 spiro atoms. The maximum atomic E-state index is 5.75. The average Bonchev–Trinajstić information content (AvgIpc) is 2.89. The van der Waals surface area contributed by atoms with Crippen LogP contribution in [0.5, 0.6) is 0 Å². The van der Waals surface area contributed by atoms with Crippen LogP contribution in [0.2, 0.25) is 0 Å². The van der Waals surface area contributed by atoms with Crippen molar-refractivity contribution < 1.29 is 4.74 Å². The summed E-state index contributed by atoms with van der Waals surface area (Å²) >= 11 is 0. The van der Waals surface area contributed by atoms with Gasteiger partial charge < -0.3 is 14.9 Å². The summed E-state index contributed by atoms with van der Waals surface area (Å²) in [6.45, 7) is 5.34. The first-order chi connectivity index (χ1) is 9.36. The normalized spacial score (nSPS) is 17.1. The largest absolute Gasteiger partial charge is 0.379 e. The van der Waals surface area contributed by atoms with Crippen molar-refractivity contribution in [2.75, 3.05) is 32.8 Å². The van der Waals surface area contributed by atoms with Crippen molar-refractivity contribution >= 4 is 5.65 Å². The third-order valence-electron chi connectivity index (χ3n) is 3.62. The van der Waals surface area contributed by atoms with Crippen LogP contribution in [-0.4, -0.2) is 47.1 Å². The van der Waals surface area contributed by atoms with E-state index in [0.717, 1.165) is 56.3 Å². The van der Waals surface area contributed by atoms with Crippen LogP contribution in [0.25, 0.3) is 5.65 Å². The number of ether oxygens (including phenoxy) is 1. The van der Waals surface area contributed by atoms with Crippen LogP contribution < -0.4 is 5.73 Å². The van der Waals surface area contributed by atoms with Gasteiger partial charge in [0.1, 0.15) is 5.65 Å². The van der Waals surface area contributed by atoms with Gasteiger partial charge in [0, 0.05) is 44.5 Å². The number of hydrogen-bond donors (Lipinski definition) is 1. The van der Waals surface area contributed by atoms with Gasteiger partial charge in [0.05, 0.1) is 18.9 Å². The van der Waals surface area contributed by atoms with E-state index in [2.05, 4.69) is 20.5 Å². The maximum Gasteiger partial charge on any atom is 0.137 e. The Balaban J connectivity index is 1.70. The topological polar surface area (TPSA) is 55.8 Å². The van der Waals surface area contributed by atoms with Crippen molar-refractivity contribution in [1.82, 2.24) is 14.3 Å². The summed E-state index contributed by atoms with van der Waals surface area (Å²) in [5, 5.41) is 0. The fourth-order valence-electron chi connectivity index (χ4n) is 2.50. The highest BCUT2D eigenvalue weighted by Crippen LogP contribution is 2.10. The molecular weight excluding hydrogens is 240 g/mol. The minimum absolute atomic E-state index is 0.538. The number of rotatable bonds is 4. The molecule has 102 valence electrons.